The van der Waals surface area contributed by atoms with Crippen molar-refractivity contribution in [3.63, 3.8) is 0 Å². The number of nitrogens with two attached hydrogens (primary N) is 1. The number of Topliss-reactive ketones (excluding diaryl/α,β-unsaturated/α-hetero) is 1. The van der Waals surface area contributed by atoms with Crippen LogP contribution < -0.4 is 10.5 Å². The maximum Gasteiger partial charge on any atom is 0.202 e. The zero-order valence-corrected chi connectivity index (χ0v) is 25.0. The van der Waals surface area contributed by atoms with Crippen molar-refractivity contribution in [1.82, 2.24) is 0 Å². The van der Waals surface area contributed by atoms with Crippen molar-refractivity contribution < 1.29 is 58.5 Å². The highest BCUT2D eigenvalue weighted by Gasteiger charge is 2.50. The topological polar surface area (TPSA) is 204 Å². The van der Waals surface area contributed by atoms with Crippen LogP contribution in [0.5, 0.6) is 17.2 Å². The number of phenols is 2. The number of hydrogen-bond donors (Lipinski definition) is 5. The van der Waals surface area contributed by atoms with Crippen LogP contribution in [0, 0.1) is 0 Å². The molecule has 2 aliphatic heterocycles. The molecule has 0 aromatic heterocycles. The molecular formula is C32H37NO12. The Morgan fingerprint density at radius 3 is 2.49 bits per heavy atom. The van der Waals surface area contributed by atoms with Crippen LogP contribution in [0.2, 0.25) is 0 Å². The Balaban J connectivity index is 1.38. The van der Waals surface area contributed by atoms with Gasteiger partial charge < -0.3 is 49.8 Å². The van der Waals surface area contributed by atoms with Crippen LogP contribution in [0.25, 0.3) is 0 Å². The van der Waals surface area contributed by atoms with Gasteiger partial charge in [0.15, 0.2) is 24.1 Å². The molecule has 242 valence electrons. The molecule has 45 heavy (non-hydrogen) atoms. The first-order chi connectivity index (χ1) is 21.5. The summed E-state index contributed by atoms with van der Waals surface area (Å²) in [7, 11) is 1.34. The molecule has 7 atom stereocenters. The molecule has 0 amide bonds. The number of carbonyl (C=O) groups is 3. The van der Waals surface area contributed by atoms with Crippen LogP contribution in [0.15, 0.2) is 18.2 Å². The number of ketones is 3. The summed E-state index contributed by atoms with van der Waals surface area (Å²) in [6.07, 6.45) is -2.03. The van der Waals surface area contributed by atoms with E-state index >= 15 is 0 Å². The molecule has 6 N–H and O–H groups in total. The number of phenolic OH excluding ortho intramolecular Hbond substituents is 2. The van der Waals surface area contributed by atoms with Crippen molar-refractivity contribution in [3.05, 3.63) is 51.6 Å². The van der Waals surface area contributed by atoms with Gasteiger partial charge >= 0.3 is 0 Å². The largest absolute Gasteiger partial charge is 0.507 e. The number of methoxy groups -OCH3 is 1. The molecule has 2 heterocycles. The van der Waals surface area contributed by atoms with Gasteiger partial charge in [0.2, 0.25) is 5.78 Å². The smallest absolute Gasteiger partial charge is 0.202 e. The SMILES string of the molecule is COc1cccc2c1C(=O)c1c(O)c3c(c(O)c1C2=O)C[C@@](O)(C(=O)CO)C[C@@H]3O[C@H]1C[C@@H](N)[C@H](OC2CCCCO2)C(C)O1. The average Bonchev–Trinajstić information content (AvgIpc) is 3.02. The number of aliphatic hydroxyl groups excluding tert-OH is 1. The fraction of sp³-hybridized carbons (Fsp3) is 0.531. The van der Waals surface area contributed by atoms with Gasteiger partial charge in [-0.2, -0.15) is 0 Å². The van der Waals surface area contributed by atoms with Gasteiger partial charge in [0.05, 0.1) is 36.0 Å². The zero-order valence-electron chi connectivity index (χ0n) is 25.0. The quantitative estimate of drug-likeness (QED) is 0.236. The fourth-order valence-electron chi connectivity index (χ4n) is 6.95. The minimum atomic E-state index is -2.24. The molecule has 0 spiro atoms. The highest BCUT2D eigenvalue weighted by Crippen LogP contribution is 2.52. The van der Waals surface area contributed by atoms with E-state index in [-0.39, 0.29) is 34.4 Å². The van der Waals surface area contributed by atoms with E-state index in [0.29, 0.717) is 6.61 Å². The van der Waals surface area contributed by atoms with E-state index in [4.69, 9.17) is 29.4 Å². The summed E-state index contributed by atoms with van der Waals surface area (Å²) in [5.74, 6) is -3.67. The molecular weight excluding hydrogens is 590 g/mol. The summed E-state index contributed by atoms with van der Waals surface area (Å²) in [4.78, 5) is 40.2. The van der Waals surface area contributed by atoms with Crippen molar-refractivity contribution in [2.75, 3.05) is 20.3 Å². The first-order valence-electron chi connectivity index (χ1n) is 15.1. The standard InChI is InChI=1S/C32H37NO12/c1-14-31(45-21-8-3-4-9-42-21)17(33)10-22(43-14)44-19-12-32(40,20(35)13-34)11-16-24(19)30(39)26-25(28(16)37)27(36)15-6-5-7-18(41-2)23(15)29(26)38/h5-7,14,17,19,21-22,31,34,37,39-40H,3-4,8-13,33H2,1-2H3/t14?,17-,19+,21?,22+,31-,32+/m1/s1. The summed E-state index contributed by atoms with van der Waals surface area (Å²) in [5, 5.41) is 44.2. The van der Waals surface area contributed by atoms with E-state index in [1.165, 1.54) is 25.3 Å². The molecule has 0 radical (unpaired) electrons. The van der Waals surface area contributed by atoms with Crippen molar-refractivity contribution >= 4 is 17.3 Å². The highest BCUT2D eigenvalue weighted by atomic mass is 16.7. The number of aliphatic hydroxyl groups is 2. The second kappa shape index (κ2) is 12.1. The average molecular weight is 628 g/mol. The Bertz CT molecular complexity index is 1520. The lowest BCUT2D eigenvalue weighted by Crippen LogP contribution is -2.55. The van der Waals surface area contributed by atoms with Crippen LogP contribution in [-0.2, 0) is 30.2 Å². The lowest BCUT2D eigenvalue weighted by atomic mass is 9.72. The Morgan fingerprint density at radius 2 is 1.82 bits per heavy atom. The van der Waals surface area contributed by atoms with Gasteiger partial charge in [-0.1, -0.05) is 12.1 Å². The van der Waals surface area contributed by atoms with Gasteiger partial charge in [0.1, 0.15) is 35.6 Å². The van der Waals surface area contributed by atoms with Gasteiger partial charge in [0.25, 0.3) is 0 Å². The lowest BCUT2D eigenvalue weighted by Gasteiger charge is -2.43. The number of rotatable bonds is 7. The molecule has 13 nitrogen and oxygen atoms in total. The number of benzene rings is 2. The molecule has 2 fully saturated rings. The predicted octanol–water partition coefficient (Wildman–Crippen LogP) is 1.55. The van der Waals surface area contributed by atoms with Crippen LogP contribution in [0.3, 0.4) is 0 Å². The highest BCUT2D eigenvalue weighted by molar-refractivity contribution is 6.31. The molecule has 2 saturated heterocycles. The summed E-state index contributed by atoms with van der Waals surface area (Å²) < 4.78 is 29.5. The van der Waals surface area contributed by atoms with Gasteiger partial charge in [-0.05, 0) is 32.3 Å². The van der Waals surface area contributed by atoms with Gasteiger partial charge in [-0.15, -0.1) is 0 Å². The number of ether oxygens (including phenoxy) is 5. The van der Waals surface area contributed by atoms with Crippen molar-refractivity contribution in [1.29, 1.82) is 0 Å². The third-order valence-electron chi connectivity index (χ3n) is 9.22. The fourth-order valence-corrected chi connectivity index (χ4v) is 6.95. The van der Waals surface area contributed by atoms with Crippen molar-refractivity contribution in [3.8, 4) is 17.2 Å². The number of fused-ring (bicyclic) bond motifs is 3. The summed E-state index contributed by atoms with van der Waals surface area (Å²) in [6.45, 7) is 1.35. The molecule has 0 bridgehead atoms. The second-order valence-corrected chi connectivity index (χ2v) is 12.1. The van der Waals surface area contributed by atoms with Crippen LogP contribution in [0.1, 0.15) is 88.1 Å². The van der Waals surface area contributed by atoms with E-state index in [9.17, 15) is 34.8 Å². The van der Waals surface area contributed by atoms with Crippen LogP contribution >= 0.6 is 0 Å². The van der Waals surface area contributed by atoms with E-state index < -0.39 is 102 Å². The Morgan fingerprint density at radius 1 is 1.07 bits per heavy atom. The van der Waals surface area contributed by atoms with Crippen LogP contribution in [0.4, 0.5) is 0 Å². The van der Waals surface area contributed by atoms with E-state index in [1.54, 1.807) is 6.92 Å². The minimum Gasteiger partial charge on any atom is -0.507 e. The molecule has 2 aromatic carbocycles. The Kier molecular flexibility index (Phi) is 8.46. The Labute approximate surface area is 258 Å². The lowest BCUT2D eigenvalue weighted by molar-refractivity contribution is -0.281. The first-order valence-corrected chi connectivity index (χ1v) is 15.1. The third kappa shape index (κ3) is 5.31. The normalized spacial score (nSPS) is 31.1. The second-order valence-electron chi connectivity index (χ2n) is 12.1. The third-order valence-corrected chi connectivity index (χ3v) is 9.22. The Hall–Kier alpha value is -3.43. The predicted molar refractivity (Wildman–Crippen MR) is 154 cm³/mol. The first kappa shape index (κ1) is 31.5. The summed E-state index contributed by atoms with van der Waals surface area (Å²) >= 11 is 0. The minimum absolute atomic E-state index is 0.0409. The molecule has 2 unspecified atom stereocenters. The molecule has 2 aliphatic carbocycles. The molecule has 2 aromatic rings. The zero-order chi connectivity index (χ0) is 32.2. The van der Waals surface area contributed by atoms with Crippen LogP contribution in [-0.4, -0.2) is 94.5 Å². The molecule has 0 saturated carbocycles. The van der Waals surface area contributed by atoms with Crippen molar-refractivity contribution in [2.24, 2.45) is 5.73 Å². The van der Waals surface area contributed by atoms with E-state index in [0.717, 1.165) is 19.3 Å². The number of aromatic hydroxyl groups is 2. The van der Waals surface area contributed by atoms with E-state index in [2.05, 4.69) is 0 Å². The van der Waals surface area contributed by atoms with Crippen molar-refractivity contribution in [2.45, 2.75) is 88.0 Å². The molecule has 13 heteroatoms. The van der Waals surface area contributed by atoms with Gasteiger partial charge in [-0.25, -0.2) is 0 Å². The molecule has 6 rings (SSSR count). The van der Waals surface area contributed by atoms with E-state index in [1.807, 2.05) is 0 Å². The van der Waals surface area contributed by atoms with Gasteiger partial charge in [-0.3, -0.25) is 14.4 Å². The monoisotopic (exact) mass is 627 g/mol. The molecule has 4 aliphatic rings. The number of hydrogen-bond acceptors (Lipinski definition) is 13. The summed E-state index contributed by atoms with van der Waals surface area (Å²) in [5.41, 5.74) is 2.98. The maximum absolute atomic E-state index is 13.8. The number of carbonyl (C=O) groups excluding carboxylic acids is 3. The summed E-state index contributed by atoms with van der Waals surface area (Å²) in [6, 6.07) is 3.86. The van der Waals surface area contributed by atoms with Gasteiger partial charge in [0, 0.05) is 48.6 Å². The maximum atomic E-state index is 13.8.